The third-order valence-corrected chi connectivity index (χ3v) is 5.10. The fourth-order valence-corrected chi connectivity index (χ4v) is 3.65. The van der Waals surface area contributed by atoms with Crippen LogP contribution in [0.2, 0.25) is 0 Å². The molecule has 0 unspecified atom stereocenters. The lowest BCUT2D eigenvalue weighted by Gasteiger charge is -2.39. The van der Waals surface area contributed by atoms with Gasteiger partial charge in [0.25, 0.3) is 5.91 Å². The quantitative estimate of drug-likeness (QED) is 0.793. The molecule has 0 spiro atoms. The predicted molar refractivity (Wildman–Crippen MR) is 97.1 cm³/mol. The van der Waals surface area contributed by atoms with Crippen molar-refractivity contribution in [3.05, 3.63) is 41.7 Å². The van der Waals surface area contributed by atoms with Crippen molar-refractivity contribution in [3.63, 3.8) is 0 Å². The van der Waals surface area contributed by atoms with Crippen LogP contribution in [0.15, 0.2) is 30.5 Å². The normalized spacial score (nSPS) is 18.1. The van der Waals surface area contributed by atoms with Crippen LogP contribution in [0.4, 0.5) is 0 Å². The molecule has 2 aromatic rings. The van der Waals surface area contributed by atoms with Gasteiger partial charge >= 0.3 is 0 Å². The summed E-state index contributed by atoms with van der Waals surface area (Å²) in [5.74, 6) is 0.966. The highest BCUT2D eigenvalue weighted by atomic mass is 16.5. The number of rotatable bonds is 6. The van der Waals surface area contributed by atoms with Crippen LogP contribution in [0, 0.1) is 0 Å². The number of carbonyl (C=O) groups excluding carboxylic acids is 1. The minimum Gasteiger partial charge on any atom is -0.494 e. The Balaban J connectivity index is 1.33. The molecular formula is C19H25N5O2. The van der Waals surface area contributed by atoms with E-state index in [1.54, 1.807) is 6.20 Å². The number of ether oxygens (including phenoxy) is 1. The van der Waals surface area contributed by atoms with Crippen LogP contribution < -0.4 is 4.74 Å². The van der Waals surface area contributed by atoms with Crippen molar-refractivity contribution < 1.29 is 9.53 Å². The molecule has 3 heterocycles. The van der Waals surface area contributed by atoms with Gasteiger partial charge in [-0.1, -0.05) is 23.4 Å². The zero-order chi connectivity index (χ0) is 17.9. The standard InChI is InChI=1S/C19H25N5O2/c1-2-26-18-8-4-3-7-15(18)11-22-12-16(13-22)24-14-17(20-21-24)19(25)23-9-5-6-10-23/h3-4,7-8,14,16H,2,5-6,9-13H2,1H3. The number of carbonyl (C=O) groups is 1. The molecule has 7 nitrogen and oxygen atoms in total. The second-order valence-electron chi connectivity index (χ2n) is 6.97. The van der Waals surface area contributed by atoms with Crippen molar-refractivity contribution in [1.29, 1.82) is 0 Å². The van der Waals surface area contributed by atoms with Crippen LogP contribution in [0.3, 0.4) is 0 Å². The average Bonchev–Trinajstić information content (AvgIpc) is 3.30. The van der Waals surface area contributed by atoms with Gasteiger partial charge in [-0.3, -0.25) is 9.69 Å². The molecule has 138 valence electrons. The fourth-order valence-electron chi connectivity index (χ4n) is 3.65. The number of benzene rings is 1. The van der Waals surface area contributed by atoms with E-state index in [-0.39, 0.29) is 11.9 Å². The monoisotopic (exact) mass is 355 g/mol. The fraction of sp³-hybridized carbons (Fsp3) is 0.526. The molecule has 0 N–H and O–H groups in total. The van der Waals surface area contributed by atoms with Gasteiger partial charge in [-0.15, -0.1) is 5.10 Å². The minimum atomic E-state index is 0.00979. The molecule has 1 aromatic heterocycles. The number of nitrogens with zero attached hydrogens (tertiary/aromatic N) is 5. The molecule has 0 bridgehead atoms. The molecule has 4 rings (SSSR count). The van der Waals surface area contributed by atoms with E-state index in [1.165, 1.54) is 5.56 Å². The van der Waals surface area contributed by atoms with Crippen LogP contribution in [0.25, 0.3) is 0 Å². The predicted octanol–water partition coefficient (Wildman–Crippen LogP) is 1.97. The van der Waals surface area contributed by atoms with Crippen molar-refractivity contribution in [2.75, 3.05) is 32.8 Å². The van der Waals surface area contributed by atoms with Crippen LogP contribution in [0.5, 0.6) is 5.75 Å². The van der Waals surface area contributed by atoms with Crippen LogP contribution >= 0.6 is 0 Å². The SMILES string of the molecule is CCOc1ccccc1CN1CC(n2cc(C(=O)N3CCCC3)nn2)C1. The molecule has 0 saturated carbocycles. The Labute approximate surface area is 153 Å². The van der Waals surface area contributed by atoms with E-state index < -0.39 is 0 Å². The lowest BCUT2D eigenvalue weighted by Crippen LogP contribution is -2.47. The number of aromatic nitrogens is 3. The molecule has 26 heavy (non-hydrogen) atoms. The average molecular weight is 355 g/mol. The maximum absolute atomic E-state index is 12.4. The molecule has 1 amide bonds. The molecule has 0 atom stereocenters. The Bertz CT molecular complexity index is 763. The Morgan fingerprint density at radius 1 is 1.23 bits per heavy atom. The van der Waals surface area contributed by atoms with E-state index in [1.807, 2.05) is 34.7 Å². The third kappa shape index (κ3) is 3.44. The van der Waals surface area contributed by atoms with Gasteiger partial charge in [0.2, 0.25) is 0 Å². The topological polar surface area (TPSA) is 63.5 Å². The van der Waals surface area contributed by atoms with Crippen LogP contribution in [0.1, 0.15) is 41.9 Å². The molecule has 0 radical (unpaired) electrons. The molecule has 0 aliphatic carbocycles. The molecule has 1 aromatic carbocycles. The van der Waals surface area contributed by atoms with E-state index in [4.69, 9.17) is 4.74 Å². The van der Waals surface area contributed by atoms with Gasteiger partial charge in [-0.25, -0.2) is 4.68 Å². The molecular weight excluding hydrogens is 330 g/mol. The lowest BCUT2D eigenvalue weighted by atomic mass is 10.1. The maximum Gasteiger partial charge on any atom is 0.276 e. The summed E-state index contributed by atoms with van der Waals surface area (Å²) in [4.78, 5) is 16.6. The first kappa shape index (κ1) is 17.0. The first-order chi connectivity index (χ1) is 12.7. The molecule has 2 aliphatic heterocycles. The van der Waals surface area contributed by atoms with E-state index in [0.717, 1.165) is 51.3 Å². The van der Waals surface area contributed by atoms with Gasteiger partial charge < -0.3 is 9.64 Å². The molecule has 2 aliphatic rings. The smallest absolute Gasteiger partial charge is 0.276 e. The molecule has 7 heteroatoms. The Morgan fingerprint density at radius 3 is 2.77 bits per heavy atom. The maximum atomic E-state index is 12.4. The first-order valence-electron chi connectivity index (χ1n) is 9.38. The summed E-state index contributed by atoms with van der Waals surface area (Å²) < 4.78 is 7.54. The zero-order valence-corrected chi connectivity index (χ0v) is 15.2. The summed E-state index contributed by atoms with van der Waals surface area (Å²) in [6.45, 7) is 7.02. The van der Waals surface area contributed by atoms with Gasteiger partial charge in [0.15, 0.2) is 5.69 Å². The Morgan fingerprint density at radius 2 is 2.00 bits per heavy atom. The highest BCUT2D eigenvalue weighted by Gasteiger charge is 2.31. The summed E-state index contributed by atoms with van der Waals surface area (Å²) in [6.07, 6.45) is 3.97. The van der Waals surface area contributed by atoms with Crippen LogP contribution in [-0.2, 0) is 6.54 Å². The van der Waals surface area contributed by atoms with E-state index in [2.05, 4.69) is 21.3 Å². The number of amides is 1. The molecule has 2 saturated heterocycles. The van der Waals surface area contributed by atoms with Gasteiger partial charge in [0.1, 0.15) is 5.75 Å². The highest BCUT2D eigenvalue weighted by Crippen LogP contribution is 2.26. The Kier molecular flexibility index (Phi) is 4.88. The largest absolute Gasteiger partial charge is 0.494 e. The van der Waals surface area contributed by atoms with Gasteiger partial charge in [-0.05, 0) is 25.8 Å². The lowest BCUT2D eigenvalue weighted by molar-refractivity contribution is 0.0786. The summed E-state index contributed by atoms with van der Waals surface area (Å²) in [7, 11) is 0. The minimum absolute atomic E-state index is 0.00979. The second-order valence-corrected chi connectivity index (χ2v) is 6.97. The third-order valence-electron chi connectivity index (χ3n) is 5.10. The van der Waals surface area contributed by atoms with Gasteiger partial charge in [0, 0.05) is 38.3 Å². The summed E-state index contributed by atoms with van der Waals surface area (Å²) >= 11 is 0. The number of hydrogen-bond donors (Lipinski definition) is 0. The van der Waals surface area contributed by atoms with Crippen molar-refractivity contribution in [2.45, 2.75) is 32.4 Å². The van der Waals surface area contributed by atoms with Crippen molar-refractivity contribution in [2.24, 2.45) is 0 Å². The van der Waals surface area contributed by atoms with Gasteiger partial charge in [0.05, 0.1) is 18.8 Å². The molecule has 2 fully saturated rings. The number of likely N-dealkylation sites (tertiary alicyclic amines) is 2. The van der Waals surface area contributed by atoms with E-state index in [9.17, 15) is 4.79 Å². The second kappa shape index (κ2) is 7.45. The highest BCUT2D eigenvalue weighted by molar-refractivity contribution is 5.92. The summed E-state index contributed by atoms with van der Waals surface area (Å²) in [5, 5.41) is 8.28. The zero-order valence-electron chi connectivity index (χ0n) is 15.2. The number of para-hydroxylation sites is 1. The number of hydrogen-bond acceptors (Lipinski definition) is 5. The Hall–Kier alpha value is -2.41. The van der Waals surface area contributed by atoms with Gasteiger partial charge in [-0.2, -0.15) is 0 Å². The first-order valence-corrected chi connectivity index (χ1v) is 9.38. The van der Waals surface area contributed by atoms with Crippen LogP contribution in [-0.4, -0.2) is 63.5 Å². The van der Waals surface area contributed by atoms with E-state index >= 15 is 0 Å². The van der Waals surface area contributed by atoms with Crippen molar-refractivity contribution in [1.82, 2.24) is 24.8 Å². The summed E-state index contributed by atoms with van der Waals surface area (Å²) in [5.41, 5.74) is 1.67. The summed E-state index contributed by atoms with van der Waals surface area (Å²) in [6, 6.07) is 8.46. The van der Waals surface area contributed by atoms with Crippen molar-refractivity contribution >= 4 is 5.91 Å². The van der Waals surface area contributed by atoms with Crippen molar-refractivity contribution in [3.8, 4) is 5.75 Å². The van der Waals surface area contributed by atoms with E-state index in [0.29, 0.717) is 12.3 Å².